The zero-order valence-electron chi connectivity index (χ0n) is 10.5. The van der Waals surface area contributed by atoms with Crippen LogP contribution in [0.15, 0.2) is 41.3 Å². The van der Waals surface area contributed by atoms with Crippen LogP contribution in [0.5, 0.6) is 0 Å². The highest BCUT2D eigenvalue weighted by Gasteiger charge is 2.68. The van der Waals surface area contributed by atoms with E-state index in [0.717, 1.165) is 5.56 Å². The van der Waals surface area contributed by atoms with E-state index in [0.29, 0.717) is 0 Å². The van der Waals surface area contributed by atoms with Crippen LogP contribution in [-0.2, 0) is 0 Å². The summed E-state index contributed by atoms with van der Waals surface area (Å²) in [6, 6.07) is 6.49. The Bertz CT molecular complexity index is 679. The van der Waals surface area contributed by atoms with Crippen molar-refractivity contribution in [3.05, 3.63) is 53.6 Å². The Morgan fingerprint density at radius 3 is 1.52 bits per heavy atom. The molecule has 0 unspecified atom stereocenters. The van der Waals surface area contributed by atoms with E-state index in [1.165, 1.54) is 12.1 Å². The summed E-state index contributed by atoms with van der Waals surface area (Å²) in [5.41, 5.74) is 0.783. The minimum Gasteiger partial charge on any atom is -0.205 e. The first-order valence-corrected chi connectivity index (χ1v) is 7.53. The van der Waals surface area contributed by atoms with Crippen molar-refractivity contribution in [2.75, 3.05) is 0 Å². The van der Waals surface area contributed by atoms with Crippen LogP contribution in [0, 0.1) is 18.6 Å². The Kier molecular flexibility index (Phi) is 2.94. The summed E-state index contributed by atoms with van der Waals surface area (Å²) < 4.78 is 89.8. The third-order valence-electron chi connectivity index (χ3n) is 2.77. The number of benzene rings is 2. The van der Waals surface area contributed by atoms with Gasteiger partial charge in [-0.1, -0.05) is 49.3 Å². The second-order valence-corrected chi connectivity index (χ2v) is 6.95. The molecule has 0 nitrogen and oxygen atoms in total. The maximum atomic E-state index is 13.5. The van der Waals surface area contributed by atoms with E-state index in [4.69, 9.17) is 0 Å². The molecule has 0 N–H and O–H groups in total. The van der Waals surface area contributed by atoms with Crippen molar-refractivity contribution in [1.29, 1.82) is 0 Å². The first kappa shape index (κ1) is 15.7. The van der Waals surface area contributed by atoms with Crippen LogP contribution in [0.25, 0.3) is 11.1 Å². The molecule has 116 valence electrons. The fourth-order valence-corrected chi connectivity index (χ4v) is 2.70. The van der Waals surface area contributed by atoms with Gasteiger partial charge in [-0.05, 0) is 30.2 Å². The summed E-state index contributed by atoms with van der Waals surface area (Å²) in [7, 11) is -10.4. The van der Waals surface area contributed by atoms with E-state index in [1.54, 1.807) is 19.1 Å². The molecule has 0 aromatic heterocycles. The van der Waals surface area contributed by atoms with Crippen molar-refractivity contribution >= 4 is 10.2 Å². The highest BCUT2D eigenvalue weighted by atomic mass is 32.5. The first-order chi connectivity index (χ1) is 9.27. The second kappa shape index (κ2) is 3.94. The highest BCUT2D eigenvalue weighted by molar-refractivity contribution is 8.45. The van der Waals surface area contributed by atoms with E-state index < -0.39 is 26.8 Å². The van der Waals surface area contributed by atoms with Gasteiger partial charge < -0.3 is 0 Å². The van der Waals surface area contributed by atoms with Crippen LogP contribution < -0.4 is 0 Å². The van der Waals surface area contributed by atoms with Crippen LogP contribution in [-0.4, -0.2) is 0 Å². The molecule has 0 bridgehead atoms. The number of halogens is 7. The maximum Gasteiger partial charge on any atom is 0.315 e. The van der Waals surface area contributed by atoms with E-state index >= 15 is 0 Å². The summed E-state index contributed by atoms with van der Waals surface area (Å²) in [5, 5.41) is 0. The predicted molar refractivity (Wildman–Crippen MR) is 67.9 cm³/mol. The molecule has 0 heterocycles. The van der Waals surface area contributed by atoms with Gasteiger partial charge in [0, 0.05) is 0 Å². The first-order valence-electron chi connectivity index (χ1n) is 5.58. The molecule has 8 heteroatoms. The van der Waals surface area contributed by atoms with Crippen LogP contribution in [0.3, 0.4) is 0 Å². The summed E-state index contributed by atoms with van der Waals surface area (Å²) in [4.78, 5) is -3.11. The average Bonchev–Trinajstić information content (AvgIpc) is 2.24. The molecular formula is C13H9F7S. The van der Waals surface area contributed by atoms with Gasteiger partial charge in [0.2, 0.25) is 0 Å². The third-order valence-corrected chi connectivity index (χ3v) is 3.93. The quantitative estimate of drug-likeness (QED) is 0.544. The van der Waals surface area contributed by atoms with E-state index in [-0.39, 0.29) is 23.3 Å². The molecule has 0 atom stereocenters. The normalized spacial score (nSPS) is 15.4. The van der Waals surface area contributed by atoms with Crippen molar-refractivity contribution in [3.8, 4) is 11.1 Å². The van der Waals surface area contributed by atoms with Gasteiger partial charge in [-0.25, -0.2) is 8.78 Å². The lowest BCUT2D eigenvalue weighted by Gasteiger charge is -2.40. The molecule has 2 rings (SSSR count). The molecule has 0 spiro atoms. The predicted octanol–water partition coefficient (Wildman–Crippen LogP) is 6.60. The summed E-state index contributed by atoms with van der Waals surface area (Å²) in [6.45, 7) is 1.74. The fourth-order valence-electron chi connectivity index (χ4n) is 1.84. The molecule has 0 fully saturated rings. The maximum absolute atomic E-state index is 13.5. The number of hydrogen-bond acceptors (Lipinski definition) is 0. The number of rotatable bonds is 2. The van der Waals surface area contributed by atoms with Gasteiger partial charge in [0.05, 0.1) is 0 Å². The summed E-state index contributed by atoms with van der Waals surface area (Å²) >= 11 is 0. The molecule has 21 heavy (non-hydrogen) atoms. The van der Waals surface area contributed by atoms with Crippen molar-refractivity contribution in [1.82, 2.24) is 0 Å². The minimum atomic E-state index is -10.4. The molecule has 0 radical (unpaired) electrons. The van der Waals surface area contributed by atoms with Crippen molar-refractivity contribution in [2.24, 2.45) is 0 Å². The molecule has 2 aromatic carbocycles. The van der Waals surface area contributed by atoms with Crippen molar-refractivity contribution < 1.29 is 28.2 Å². The zero-order chi connectivity index (χ0) is 16.1. The second-order valence-electron chi connectivity index (χ2n) is 4.60. The average molecular weight is 330 g/mol. The van der Waals surface area contributed by atoms with E-state index in [1.807, 2.05) is 0 Å². The van der Waals surface area contributed by atoms with E-state index in [2.05, 4.69) is 0 Å². The van der Waals surface area contributed by atoms with Crippen molar-refractivity contribution in [2.45, 2.75) is 11.8 Å². The summed E-state index contributed by atoms with van der Waals surface area (Å²) in [6.07, 6.45) is 0. The summed E-state index contributed by atoms with van der Waals surface area (Å²) in [5.74, 6) is -4.66. The van der Waals surface area contributed by atoms with Gasteiger partial charge in [0.15, 0.2) is 4.90 Å². The standard InChI is InChI=1S/C13H9F7S/c1-8-2-4-9(5-3-8)10-6-11(14)13(12(15)7-10)21(16,17,18,19)20/h2-7H,1H3. The zero-order valence-corrected chi connectivity index (χ0v) is 11.3. The van der Waals surface area contributed by atoms with E-state index in [9.17, 15) is 28.2 Å². The Balaban J connectivity index is 2.66. The molecule has 0 aliphatic carbocycles. The topological polar surface area (TPSA) is 0 Å². The molecule has 0 saturated heterocycles. The van der Waals surface area contributed by atoms with Crippen LogP contribution in [0.1, 0.15) is 5.56 Å². The van der Waals surface area contributed by atoms with Gasteiger partial charge in [-0.15, -0.1) is 0 Å². The molecular weight excluding hydrogens is 321 g/mol. The lowest BCUT2D eigenvalue weighted by atomic mass is 10.0. The molecule has 0 aliphatic rings. The fraction of sp³-hybridized carbons (Fsp3) is 0.0769. The van der Waals surface area contributed by atoms with Crippen molar-refractivity contribution in [3.63, 3.8) is 0 Å². The van der Waals surface area contributed by atoms with Gasteiger partial charge in [0.1, 0.15) is 11.6 Å². The highest BCUT2D eigenvalue weighted by Crippen LogP contribution is 3.02. The molecule has 0 amide bonds. The molecule has 0 saturated carbocycles. The van der Waals surface area contributed by atoms with Crippen LogP contribution >= 0.6 is 10.2 Å². The van der Waals surface area contributed by atoms with Gasteiger partial charge in [-0.2, -0.15) is 0 Å². The smallest absolute Gasteiger partial charge is 0.205 e. The lowest BCUT2D eigenvalue weighted by molar-refractivity contribution is 0.345. The molecule has 2 aromatic rings. The number of aryl methyl sites for hydroxylation is 1. The molecule has 0 aliphatic heterocycles. The largest absolute Gasteiger partial charge is 0.315 e. The Morgan fingerprint density at radius 1 is 0.714 bits per heavy atom. The monoisotopic (exact) mass is 330 g/mol. The Morgan fingerprint density at radius 2 is 1.14 bits per heavy atom. The van der Waals surface area contributed by atoms with Crippen LogP contribution in [0.4, 0.5) is 28.2 Å². The van der Waals surface area contributed by atoms with Gasteiger partial charge in [-0.3, -0.25) is 0 Å². The van der Waals surface area contributed by atoms with Gasteiger partial charge in [0.25, 0.3) is 0 Å². The lowest BCUT2D eigenvalue weighted by Crippen LogP contribution is -2.11. The SMILES string of the molecule is Cc1ccc(-c2cc(F)c(S(F)(F)(F)(F)F)c(F)c2)cc1. The van der Waals surface area contributed by atoms with Gasteiger partial charge >= 0.3 is 10.2 Å². The van der Waals surface area contributed by atoms with Crippen LogP contribution in [0.2, 0.25) is 0 Å². The third kappa shape index (κ3) is 3.31. The number of hydrogen-bond donors (Lipinski definition) is 0. The Labute approximate surface area is 115 Å². The Hall–Kier alpha value is -1.70. The minimum absolute atomic E-state index is 0.215.